The van der Waals surface area contributed by atoms with E-state index in [0.29, 0.717) is 5.75 Å². The van der Waals surface area contributed by atoms with Gasteiger partial charge in [-0.1, -0.05) is 18.2 Å². The van der Waals surface area contributed by atoms with Crippen molar-refractivity contribution in [1.82, 2.24) is 10.0 Å². The summed E-state index contributed by atoms with van der Waals surface area (Å²) in [4.78, 5) is 15.6. The summed E-state index contributed by atoms with van der Waals surface area (Å²) in [5.74, 6) is -0.565. The molecular weight excluding hydrogens is 336 g/mol. The normalized spacial score (nSPS) is 15.0. The molecule has 0 saturated heterocycles. The van der Waals surface area contributed by atoms with Gasteiger partial charge in [-0.25, -0.2) is 14.5 Å². The topological polar surface area (TPSA) is 179 Å². The van der Waals surface area contributed by atoms with Crippen molar-refractivity contribution in [2.24, 2.45) is 16.5 Å². The second-order valence-electron chi connectivity index (χ2n) is 4.54. The van der Waals surface area contributed by atoms with Crippen molar-refractivity contribution >= 4 is 23.2 Å². The van der Waals surface area contributed by atoms with Gasteiger partial charge < -0.3 is 20.8 Å². The fraction of sp³-hybridized carbons (Fsp3) is 0.308. The Morgan fingerprint density at radius 1 is 1.42 bits per heavy atom. The molecule has 24 heavy (non-hydrogen) atoms. The van der Waals surface area contributed by atoms with Crippen molar-refractivity contribution in [3.05, 3.63) is 30.3 Å². The zero-order chi connectivity index (χ0) is 17.9. The number of nitrogens with two attached hydrogens (primary N) is 2. The highest BCUT2D eigenvalue weighted by Crippen LogP contribution is 2.11. The van der Waals surface area contributed by atoms with Gasteiger partial charge >= 0.3 is 5.97 Å². The van der Waals surface area contributed by atoms with Gasteiger partial charge in [-0.15, -0.1) is 0 Å². The first-order valence-electron chi connectivity index (χ1n) is 6.78. The Hall–Kier alpha value is -2.52. The lowest BCUT2D eigenvalue weighted by molar-refractivity contribution is -0.136. The van der Waals surface area contributed by atoms with Crippen LogP contribution in [0.5, 0.6) is 5.75 Å². The molecule has 0 heterocycles. The lowest BCUT2D eigenvalue weighted by Crippen LogP contribution is -2.39. The highest BCUT2D eigenvalue weighted by atomic mass is 32.2. The number of hydrogen-bond acceptors (Lipinski definition) is 7. The van der Waals surface area contributed by atoms with Crippen LogP contribution >= 0.6 is 0 Å². The molecular formula is C13H17N6O4S-. The number of benzene rings is 1. The number of nitrogens with one attached hydrogen (secondary N) is 2. The van der Waals surface area contributed by atoms with Crippen molar-refractivity contribution in [1.29, 1.82) is 5.26 Å². The Kier molecular flexibility index (Phi) is 8.37. The Labute approximate surface area is 141 Å². The minimum Gasteiger partial charge on any atom is -0.760 e. The molecule has 0 bridgehead atoms. The first-order valence-corrected chi connectivity index (χ1v) is 7.86. The number of guanidine groups is 1. The van der Waals surface area contributed by atoms with Crippen molar-refractivity contribution in [3.63, 3.8) is 0 Å². The summed E-state index contributed by atoms with van der Waals surface area (Å²) in [5.41, 5.74) is 11.1. The van der Waals surface area contributed by atoms with Gasteiger partial charge in [0.15, 0.2) is 6.19 Å². The first kappa shape index (κ1) is 19.5. The van der Waals surface area contributed by atoms with Gasteiger partial charge in [-0.3, -0.25) is 9.53 Å². The van der Waals surface area contributed by atoms with Crippen molar-refractivity contribution in [3.8, 4) is 11.9 Å². The lowest BCUT2D eigenvalue weighted by atomic mass is 10.1. The molecule has 3 atom stereocenters. The number of carbonyl (C=O) groups excluding carboxylic acids is 1. The largest absolute Gasteiger partial charge is 0.760 e. The quantitative estimate of drug-likeness (QED) is 0.0855. The maximum absolute atomic E-state index is 11.9. The molecule has 0 aliphatic rings. The van der Waals surface area contributed by atoms with Gasteiger partial charge in [0.1, 0.15) is 18.0 Å². The molecule has 11 heteroatoms. The number of para-hydroxylation sites is 1. The zero-order valence-electron chi connectivity index (χ0n) is 12.5. The third kappa shape index (κ3) is 7.65. The minimum atomic E-state index is -2.60. The summed E-state index contributed by atoms with van der Waals surface area (Å²) in [7, 11) is 0. The second kappa shape index (κ2) is 10.3. The Morgan fingerprint density at radius 2 is 2.08 bits per heavy atom. The molecule has 0 radical (unpaired) electrons. The van der Waals surface area contributed by atoms with Crippen LogP contribution in [0, 0.1) is 11.5 Å². The van der Waals surface area contributed by atoms with Crippen LogP contribution < -0.4 is 26.2 Å². The van der Waals surface area contributed by atoms with Crippen LogP contribution in [0.15, 0.2) is 35.3 Å². The Bertz CT molecular complexity index is 633. The van der Waals surface area contributed by atoms with E-state index in [0.717, 1.165) is 0 Å². The van der Waals surface area contributed by atoms with E-state index in [9.17, 15) is 13.6 Å². The molecule has 0 spiro atoms. The molecule has 10 nitrogen and oxygen atoms in total. The average molecular weight is 353 g/mol. The van der Waals surface area contributed by atoms with Crippen molar-refractivity contribution in [2.75, 3.05) is 0 Å². The van der Waals surface area contributed by atoms with Crippen molar-refractivity contribution < 1.29 is 18.3 Å². The monoisotopic (exact) mass is 353 g/mol. The van der Waals surface area contributed by atoms with Crippen molar-refractivity contribution in [2.45, 2.75) is 25.0 Å². The number of nitriles is 1. The zero-order valence-corrected chi connectivity index (χ0v) is 13.4. The summed E-state index contributed by atoms with van der Waals surface area (Å²) in [5, 5.41) is 10.5. The lowest BCUT2D eigenvalue weighted by Gasteiger charge is -2.18. The number of esters is 1. The third-order valence-corrected chi connectivity index (χ3v) is 3.19. The van der Waals surface area contributed by atoms with Crippen LogP contribution in [0.25, 0.3) is 0 Å². The molecule has 1 aromatic carbocycles. The van der Waals surface area contributed by atoms with E-state index >= 15 is 0 Å². The molecule has 6 N–H and O–H groups in total. The highest BCUT2D eigenvalue weighted by Gasteiger charge is 2.18. The smallest absolute Gasteiger partial charge is 0.328 e. The molecule has 0 aliphatic carbocycles. The van der Waals surface area contributed by atoms with Crippen LogP contribution in [0.2, 0.25) is 0 Å². The summed E-state index contributed by atoms with van der Waals surface area (Å²) in [6.07, 6.45) is 0.741. The van der Waals surface area contributed by atoms with E-state index in [1.54, 1.807) is 36.5 Å². The average Bonchev–Trinajstić information content (AvgIpc) is 2.52. The molecule has 3 unspecified atom stereocenters. The number of hydrogen-bond donors (Lipinski definition) is 4. The highest BCUT2D eigenvalue weighted by molar-refractivity contribution is 7.77. The predicted octanol–water partition coefficient (Wildman–Crippen LogP) is -1.21. The first-order chi connectivity index (χ1) is 11.4. The van der Waals surface area contributed by atoms with E-state index in [4.69, 9.17) is 21.5 Å². The molecule has 1 rings (SSSR count). The van der Waals surface area contributed by atoms with E-state index in [1.807, 2.05) is 0 Å². The fourth-order valence-electron chi connectivity index (χ4n) is 1.65. The standard InChI is InChI=1S/C13H18N6O4S/c14-8-17-13(16)18-11(19-24(21)22)7-6-10(15)12(20)23-9-4-2-1-3-5-9/h1-5,10-11,19H,6-7,15H2,(H,21,22)(H3,16,17,18)/p-1. The third-order valence-electron chi connectivity index (χ3n) is 2.73. The SMILES string of the molecule is N#CNC(N)=NC(CCC(N)C(=O)Oc1ccccc1)NS(=O)[O-]. The minimum absolute atomic E-state index is 0.0762. The summed E-state index contributed by atoms with van der Waals surface area (Å²) in [6.45, 7) is 0. The molecule has 0 fully saturated rings. The Balaban J connectivity index is 2.58. The summed E-state index contributed by atoms with van der Waals surface area (Å²) in [6, 6.07) is 7.42. The van der Waals surface area contributed by atoms with Crippen LogP contribution in [0.3, 0.4) is 0 Å². The van der Waals surface area contributed by atoms with Crippen LogP contribution in [0.1, 0.15) is 12.8 Å². The fourth-order valence-corrected chi connectivity index (χ4v) is 2.05. The van der Waals surface area contributed by atoms with E-state index in [-0.39, 0.29) is 18.8 Å². The van der Waals surface area contributed by atoms with Crippen LogP contribution in [-0.2, 0) is 16.1 Å². The van der Waals surface area contributed by atoms with E-state index < -0.39 is 29.4 Å². The molecule has 0 aliphatic heterocycles. The number of ether oxygens (including phenoxy) is 1. The Morgan fingerprint density at radius 3 is 2.67 bits per heavy atom. The van der Waals surface area contributed by atoms with Gasteiger partial charge in [0.25, 0.3) is 0 Å². The van der Waals surface area contributed by atoms with Gasteiger partial charge in [-0.2, -0.15) is 5.26 Å². The molecule has 130 valence electrons. The number of aliphatic imine (C=N–C) groups is 1. The maximum atomic E-state index is 11.9. The summed E-state index contributed by atoms with van der Waals surface area (Å²) >= 11 is -2.60. The summed E-state index contributed by atoms with van der Waals surface area (Å²) < 4.78 is 28.7. The predicted molar refractivity (Wildman–Crippen MR) is 85.5 cm³/mol. The van der Waals surface area contributed by atoms with Crippen LogP contribution in [0.4, 0.5) is 0 Å². The molecule has 1 aromatic rings. The van der Waals surface area contributed by atoms with Crippen LogP contribution in [-0.4, -0.2) is 32.9 Å². The second-order valence-corrected chi connectivity index (χ2v) is 5.24. The van der Waals surface area contributed by atoms with E-state index in [2.05, 4.69) is 15.0 Å². The number of rotatable bonds is 8. The van der Waals surface area contributed by atoms with E-state index in [1.165, 1.54) is 0 Å². The molecule has 0 aromatic heterocycles. The number of nitrogens with zero attached hydrogens (tertiary/aromatic N) is 2. The van der Waals surface area contributed by atoms with Gasteiger partial charge in [0.05, 0.1) is 0 Å². The van der Waals surface area contributed by atoms with Gasteiger partial charge in [0.2, 0.25) is 5.96 Å². The maximum Gasteiger partial charge on any atom is 0.328 e. The molecule has 0 amide bonds. The van der Waals surface area contributed by atoms with Gasteiger partial charge in [0, 0.05) is 11.3 Å². The molecule has 0 saturated carbocycles. The number of carbonyl (C=O) groups is 1. The van der Waals surface area contributed by atoms with Gasteiger partial charge in [-0.05, 0) is 25.0 Å².